The van der Waals surface area contributed by atoms with E-state index in [1.165, 1.54) is 6.92 Å². The van der Waals surface area contributed by atoms with Crippen molar-refractivity contribution in [2.45, 2.75) is 32.7 Å². The molecule has 0 saturated carbocycles. The quantitative estimate of drug-likeness (QED) is 0.882. The van der Waals surface area contributed by atoms with Crippen LogP contribution in [0.2, 0.25) is 5.02 Å². The van der Waals surface area contributed by atoms with Gasteiger partial charge in [-0.2, -0.15) is 0 Å². The van der Waals surface area contributed by atoms with E-state index in [0.717, 1.165) is 24.1 Å². The van der Waals surface area contributed by atoms with Crippen LogP contribution in [0.15, 0.2) is 18.2 Å². The zero-order valence-corrected chi connectivity index (χ0v) is 13.0. The van der Waals surface area contributed by atoms with Gasteiger partial charge in [0.15, 0.2) is 0 Å². The SMILES string of the molecule is CC(=O)NC1CCN(C(=O)Nc2ccc(Cl)cc2C)CC1. The van der Waals surface area contributed by atoms with Gasteiger partial charge >= 0.3 is 6.03 Å². The van der Waals surface area contributed by atoms with Crippen LogP contribution in [0, 0.1) is 6.92 Å². The molecule has 0 bridgehead atoms. The second-order valence-corrected chi connectivity index (χ2v) is 5.79. The maximum absolute atomic E-state index is 12.2. The summed E-state index contributed by atoms with van der Waals surface area (Å²) in [5, 5.41) is 6.45. The van der Waals surface area contributed by atoms with Gasteiger partial charge in [-0.1, -0.05) is 11.6 Å². The molecule has 1 aliphatic rings. The van der Waals surface area contributed by atoms with Crippen molar-refractivity contribution in [1.29, 1.82) is 0 Å². The third kappa shape index (κ3) is 4.36. The van der Waals surface area contributed by atoms with E-state index in [1.807, 2.05) is 13.0 Å². The highest BCUT2D eigenvalue weighted by molar-refractivity contribution is 6.30. The van der Waals surface area contributed by atoms with Crippen molar-refractivity contribution in [2.75, 3.05) is 18.4 Å². The van der Waals surface area contributed by atoms with E-state index >= 15 is 0 Å². The number of carbonyl (C=O) groups is 2. The van der Waals surface area contributed by atoms with E-state index < -0.39 is 0 Å². The summed E-state index contributed by atoms with van der Waals surface area (Å²) in [7, 11) is 0. The molecule has 1 aromatic rings. The fraction of sp³-hybridized carbons (Fsp3) is 0.467. The van der Waals surface area contributed by atoms with Gasteiger partial charge in [-0.15, -0.1) is 0 Å². The molecule has 5 nitrogen and oxygen atoms in total. The van der Waals surface area contributed by atoms with E-state index in [2.05, 4.69) is 10.6 Å². The van der Waals surface area contributed by atoms with Gasteiger partial charge in [-0.05, 0) is 43.5 Å². The average molecular weight is 310 g/mol. The van der Waals surface area contributed by atoms with Crippen LogP contribution in [0.25, 0.3) is 0 Å². The summed E-state index contributed by atoms with van der Waals surface area (Å²) in [6, 6.07) is 5.44. The van der Waals surface area contributed by atoms with Crippen LogP contribution < -0.4 is 10.6 Å². The van der Waals surface area contributed by atoms with Crippen LogP contribution in [-0.4, -0.2) is 36.0 Å². The van der Waals surface area contributed by atoms with Crippen LogP contribution in [0.5, 0.6) is 0 Å². The van der Waals surface area contributed by atoms with Gasteiger partial charge in [0, 0.05) is 36.8 Å². The monoisotopic (exact) mass is 309 g/mol. The molecule has 0 aliphatic carbocycles. The molecule has 3 amide bonds. The summed E-state index contributed by atoms with van der Waals surface area (Å²) in [5.41, 5.74) is 1.71. The van der Waals surface area contributed by atoms with Crippen molar-refractivity contribution in [3.63, 3.8) is 0 Å². The summed E-state index contributed by atoms with van der Waals surface area (Å²) in [5.74, 6) is -0.0188. The first kappa shape index (κ1) is 15.6. The van der Waals surface area contributed by atoms with E-state index in [9.17, 15) is 9.59 Å². The number of hydrogen-bond donors (Lipinski definition) is 2. The lowest BCUT2D eigenvalue weighted by Gasteiger charge is -2.32. The number of likely N-dealkylation sites (tertiary alicyclic amines) is 1. The lowest BCUT2D eigenvalue weighted by molar-refractivity contribution is -0.119. The molecule has 1 saturated heterocycles. The predicted octanol–water partition coefficient (Wildman–Crippen LogP) is 2.78. The van der Waals surface area contributed by atoms with Crippen molar-refractivity contribution >= 4 is 29.2 Å². The van der Waals surface area contributed by atoms with Crippen LogP contribution in [0.3, 0.4) is 0 Å². The van der Waals surface area contributed by atoms with Crippen LogP contribution in [0.4, 0.5) is 10.5 Å². The number of amides is 3. The first-order valence-electron chi connectivity index (χ1n) is 7.05. The largest absolute Gasteiger partial charge is 0.353 e. The molecule has 2 rings (SSSR count). The first-order chi connectivity index (χ1) is 9.95. The number of hydrogen-bond acceptors (Lipinski definition) is 2. The van der Waals surface area contributed by atoms with Crippen molar-refractivity contribution < 1.29 is 9.59 Å². The second kappa shape index (κ2) is 6.80. The lowest BCUT2D eigenvalue weighted by atomic mass is 10.1. The molecule has 1 aromatic carbocycles. The van der Waals surface area contributed by atoms with Crippen LogP contribution in [0.1, 0.15) is 25.3 Å². The van der Waals surface area contributed by atoms with Gasteiger partial charge in [0.2, 0.25) is 5.91 Å². The highest BCUT2D eigenvalue weighted by Gasteiger charge is 2.23. The standard InChI is InChI=1S/C15H20ClN3O2/c1-10-9-12(16)3-4-14(10)18-15(21)19-7-5-13(6-8-19)17-11(2)20/h3-4,9,13H,5-8H2,1-2H3,(H,17,20)(H,18,21). The maximum atomic E-state index is 12.2. The molecule has 1 aliphatic heterocycles. The average Bonchev–Trinajstić information content (AvgIpc) is 2.42. The number of urea groups is 1. The highest BCUT2D eigenvalue weighted by atomic mass is 35.5. The summed E-state index contributed by atoms with van der Waals surface area (Å²) < 4.78 is 0. The fourth-order valence-electron chi connectivity index (χ4n) is 2.48. The normalized spacial score (nSPS) is 15.7. The number of nitrogens with zero attached hydrogens (tertiary/aromatic N) is 1. The van der Waals surface area contributed by atoms with E-state index in [1.54, 1.807) is 17.0 Å². The van der Waals surface area contributed by atoms with Gasteiger partial charge in [0.25, 0.3) is 0 Å². The second-order valence-electron chi connectivity index (χ2n) is 5.35. The number of halogens is 1. The zero-order valence-electron chi connectivity index (χ0n) is 12.3. The molecule has 114 valence electrons. The Morgan fingerprint density at radius 2 is 1.95 bits per heavy atom. The van der Waals surface area contributed by atoms with E-state index in [4.69, 9.17) is 11.6 Å². The minimum absolute atomic E-state index is 0.0188. The minimum atomic E-state index is -0.110. The number of anilines is 1. The van der Waals surface area contributed by atoms with Gasteiger partial charge in [-0.25, -0.2) is 4.79 Å². The Kier molecular flexibility index (Phi) is 5.07. The lowest BCUT2D eigenvalue weighted by Crippen LogP contribution is -2.47. The summed E-state index contributed by atoms with van der Waals surface area (Å²) >= 11 is 5.90. The van der Waals surface area contributed by atoms with Crippen molar-refractivity contribution in [1.82, 2.24) is 10.2 Å². The Morgan fingerprint density at radius 1 is 1.29 bits per heavy atom. The zero-order chi connectivity index (χ0) is 15.4. The Labute approximate surface area is 129 Å². The van der Waals surface area contributed by atoms with Gasteiger partial charge in [0.05, 0.1) is 0 Å². The van der Waals surface area contributed by atoms with Crippen LogP contribution in [-0.2, 0) is 4.79 Å². The predicted molar refractivity (Wildman–Crippen MR) is 83.6 cm³/mol. The smallest absolute Gasteiger partial charge is 0.321 e. The van der Waals surface area contributed by atoms with Gasteiger partial charge < -0.3 is 15.5 Å². The van der Waals surface area contributed by atoms with Crippen molar-refractivity contribution in [2.24, 2.45) is 0 Å². The first-order valence-corrected chi connectivity index (χ1v) is 7.42. The molecule has 1 heterocycles. The number of nitrogens with one attached hydrogen (secondary N) is 2. The Hall–Kier alpha value is -1.75. The molecule has 0 atom stereocenters. The summed E-state index contributed by atoms with van der Waals surface area (Å²) in [4.78, 5) is 25.0. The third-order valence-corrected chi connectivity index (χ3v) is 3.85. The number of piperidine rings is 1. The molecule has 2 N–H and O–H groups in total. The molecule has 0 spiro atoms. The minimum Gasteiger partial charge on any atom is -0.353 e. The van der Waals surface area contributed by atoms with E-state index in [-0.39, 0.29) is 18.0 Å². The fourth-order valence-corrected chi connectivity index (χ4v) is 2.70. The molecular weight excluding hydrogens is 290 g/mol. The number of benzene rings is 1. The topological polar surface area (TPSA) is 61.4 Å². The van der Waals surface area contributed by atoms with Crippen LogP contribution >= 0.6 is 11.6 Å². The van der Waals surface area contributed by atoms with Crippen molar-refractivity contribution in [3.8, 4) is 0 Å². The Morgan fingerprint density at radius 3 is 2.52 bits per heavy atom. The molecule has 21 heavy (non-hydrogen) atoms. The van der Waals surface area contributed by atoms with Crippen molar-refractivity contribution in [3.05, 3.63) is 28.8 Å². The van der Waals surface area contributed by atoms with E-state index in [0.29, 0.717) is 18.1 Å². The number of aryl methyl sites for hydroxylation is 1. The maximum Gasteiger partial charge on any atom is 0.321 e. The Bertz CT molecular complexity index is 540. The molecule has 0 unspecified atom stereocenters. The number of rotatable bonds is 2. The Balaban J connectivity index is 1.89. The third-order valence-electron chi connectivity index (χ3n) is 3.62. The highest BCUT2D eigenvalue weighted by Crippen LogP contribution is 2.20. The number of carbonyl (C=O) groups excluding carboxylic acids is 2. The van der Waals surface area contributed by atoms with Gasteiger partial charge in [0.1, 0.15) is 0 Å². The molecule has 0 aromatic heterocycles. The van der Waals surface area contributed by atoms with Gasteiger partial charge in [-0.3, -0.25) is 4.79 Å². The summed E-state index contributed by atoms with van der Waals surface area (Å²) in [6.07, 6.45) is 1.57. The summed E-state index contributed by atoms with van der Waals surface area (Å²) in [6.45, 7) is 4.71. The molecule has 1 fully saturated rings. The molecular formula is C15H20ClN3O2. The molecule has 6 heteroatoms. The molecule has 0 radical (unpaired) electrons.